The highest BCUT2D eigenvalue weighted by atomic mass is 35.5. The molecule has 0 atom stereocenters. The maximum absolute atomic E-state index is 13.1. The van der Waals surface area contributed by atoms with Crippen LogP contribution in [0.3, 0.4) is 0 Å². The first-order valence-electron chi connectivity index (χ1n) is 15.2. The lowest BCUT2D eigenvalue weighted by Gasteiger charge is -2.26. The van der Waals surface area contributed by atoms with Crippen LogP contribution in [0, 0.1) is 0 Å². The second-order valence-electron chi connectivity index (χ2n) is 11.2. The van der Waals surface area contributed by atoms with Gasteiger partial charge in [-0.1, -0.05) is 0 Å². The van der Waals surface area contributed by atoms with Gasteiger partial charge in [0.25, 0.3) is 48.1 Å². The number of amides is 3. The molecular weight excluding hydrogens is 879 g/mol. The maximum atomic E-state index is 13.1. The van der Waals surface area contributed by atoms with Crippen LogP contribution in [0.2, 0.25) is 10.6 Å². The van der Waals surface area contributed by atoms with E-state index >= 15 is 0 Å². The average molecular weight is 904 g/mol. The van der Waals surface area contributed by atoms with E-state index in [0.717, 1.165) is 25.1 Å². The molecule has 3 heterocycles. The van der Waals surface area contributed by atoms with E-state index in [1.54, 1.807) is 0 Å². The lowest BCUT2D eigenvalue weighted by Crippen LogP contribution is -2.49. The van der Waals surface area contributed by atoms with Crippen molar-refractivity contribution in [3.8, 4) is 0 Å². The molecule has 31 heteroatoms. The summed E-state index contributed by atoms with van der Waals surface area (Å²) in [5.41, 5.74) is 9.78. The Labute approximate surface area is 335 Å². The molecule has 5 rings (SSSR count). The minimum atomic E-state index is -5.35. The van der Waals surface area contributed by atoms with Crippen molar-refractivity contribution in [3.05, 3.63) is 52.0 Å². The predicted octanol–water partition coefficient (Wildman–Crippen LogP) is 0.875. The SMILES string of the molecule is CCN1C(=O)C(C(N)=O)=C(C)/C(=N/Nc2cc(Nc3nc(Cl)nc(Nc4ccc(S(=O)(=O)O)c(Nc5nc(N)nc(Cl)n5)c4)n3)c(S(=O)(=O)O)cc2S(=O)(=O)O)C1=O. The molecule has 0 radical (unpaired) electrons. The molecule has 1 aliphatic heterocycles. The van der Waals surface area contributed by atoms with Crippen molar-refractivity contribution in [1.29, 1.82) is 0 Å². The number of likely N-dealkylation sites (N-methyl/N-ethyl adjacent to an activating group) is 1. The number of imide groups is 1. The molecule has 4 aromatic rings. The molecule has 11 N–H and O–H groups in total. The highest BCUT2D eigenvalue weighted by molar-refractivity contribution is 7.87. The van der Waals surface area contributed by atoms with E-state index in [1.165, 1.54) is 6.92 Å². The number of primary amides is 1. The quantitative estimate of drug-likeness (QED) is 0.0389. The fourth-order valence-corrected chi connectivity index (χ4v) is 7.31. The summed E-state index contributed by atoms with van der Waals surface area (Å²) < 4.78 is 104. The first kappa shape index (κ1) is 42.9. The molecule has 1 aliphatic rings. The van der Waals surface area contributed by atoms with E-state index in [1.807, 2.05) is 0 Å². The average Bonchev–Trinajstić information content (AvgIpc) is 3.06. The molecule has 306 valence electrons. The summed E-state index contributed by atoms with van der Waals surface area (Å²) >= 11 is 11.9. The molecule has 58 heavy (non-hydrogen) atoms. The molecule has 0 aliphatic carbocycles. The number of anilines is 8. The molecule has 0 bridgehead atoms. The zero-order valence-electron chi connectivity index (χ0n) is 28.8. The Hall–Kier alpha value is -6.21. The van der Waals surface area contributed by atoms with Gasteiger partial charge in [-0.05, 0) is 67.4 Å². The Bertz CT molecular complexity index is 2820. The molecule has 0 saturated carbocycles. The zero-order chi connectivity index (χ0) is 43.1. The lowest BCUT2D eigenvalue weighted by atomic mass is 9.97. The molecule has 0 unspecified atom stereocenters. The molecule has 3 amide bonds. The van der Waals surface area contributed by atoms with Crippen LogP contribution >= 0.6 is 23.2 Å². The molecule has 2 aromatic carbocycles. The highest BCUT2D eigenvalue weighted by Gasteiger charge is 2.38. The van der Waals surface area contributed by atoms with Crippen molar-refractivity contribution in [3.63, 3.8) is 0 Å². The predicted molar refractivity (Wildman–Crippen MR) is 202 cm³/mol. The number of rotatable bonds is 13. The Balaban J connectivity index is 1.57. The van der Waals surface area contributed by atoms with Gasteiger partial charge in [-0.15, -0.1) is 0 Å². The summed E-state index contributed by atoms with van der Waals surface area (Å²) in [6.07, 6.45) is 0. The smallest absolute Gasteiger partial charge is 0.296 e. The Morgan fingerprint density at radius 2 is 1.26 bits per heavy atom. The van der Waals surface area contributed by atoms with E-state index < -0.39 is 103 Å². The van der Waals surface area contributed by atoms with Crippen LogP contribution in [0.4, 0.5) is 46.5 Å². The van der Waals surface area contributed by atoms with Crippen LogP contribution in [0.5, 0.6) is 0 Å². The largest absolute Gasteiger partial charge is 0.368 e. The van der Waals surface area contributed by atoms with Crippen molar-refractivity contribution in [2.45, 2.75) is 28.5 Å². The Morgan fingerprint density at radius 1 is 0.741 bits per heavy atom. The van der Waals surface area contributed by atoms with Crippen LogP contribution in [0.25, 0.3) is 0 Å². The van der Waals surface area contributed by atoms with E-state index in [2.05, 4.69) is 56.4 Å². The van der Waals surface area contributed by atoms with Gasteiger partial charge in [-0.3, -0.25) is 38.4 Å². The molecule has 2 aromatic heterocycles. The first-order valence-corrected chi connectivity index (χ1v) is 20.3. The standard InChI is InChI=1S/C27H24Cl2N14O12S3/c1-3-43-20(45)17(19(30)44)9(2)18(21(43)46)42-41-13-7-12(15(57(50,51)52)8-16(13)58(53,54)55)34-27-38-23(29)37-25(40-27)32-10-4-5-14(56(47,48)49)11(6-10)33-26-36-22(28)35-24(31)39-26/h4-8,41H,3H2,1-2H3,(H2,30,44)(H,47,48,49)(H,50,51,52)(H,53,54,55)(H3,31,33,35,36,39)(H2,32,34,37,38,40)/b42-18-. The minimum Gasteiger partial charge on any atom is -0.368 e. The van der Waals surface area contributed by atoms with Crippen molar-refractivity contribution >= 4 is 124 Å². The van der Waals surface area contributed by atoms with Crippen molar-refractivity contribution < 1.29 is 53.3 Å². The second-order valence-corrected chi connectivity index (χ2v) is 16.0. The number of hydrogen-bond donors (Lipinski definition) is 9. The number of nitrogens with one attached hydrogen (secondary N) is 4. The molecular formula is C27H24Cl2N14O12S3. The Morgan fingerprint density at radius 3 is 1.79 bits per heavy atom. The van der Waals surface area contributed by atoms with Gasteiger partial charge >= 0.3 is 0 Å². The summed E-state index contributed by atoms with van der Waals surface area (Å²) in [6.45, 7) is 2.32. The highest BCUT2D eigenvalue weighted by Crippen LogP contribution is 2.35. The fourth-order valence-electron chi connectivity index (χ4n) is 4.98. The van der Waals surface area contributed by atoms with Gasteiger partial charge in [0.2, 0.25) is 34.4 Å². The van der Waals surface area contributed by atoms with Crippen LogP contribution < -0.4 is 32.8 Å². The van der Waals surface area contributed by atoms with E-state index in [0.29, 0.717) is 17.0 Å². The van der Waals surface area contributed by atoms with Gasteiger partial charge in [0.05, 0.1) is 17.1 Å². The van der Waals surface area contributed by atoms with E-state index in [4.69, 9.17) is 34.7 Å². The van der Waals surface area contributed by atoms with Gasteiger partial charge in [0.1, 0.15) is 20.3 Å². The first-order chi connectivity index (χ1) is 26.9. The molecule has 0 saturated heterocycles. The van der Waals surface area contributed by atoms with Crippen LogP contribution in [0.15, 0.2) is 61.3 Å². The number of hydrogen-bond acceptors (Lipinski definition) is 21. The Kier molecular flexibility index (Phi) is 11.8. The van der Waals surface area contributed by atoms with Crippen LogP contribution in [-0.2, 0) is 44.7 Å². The van der Waals surface area contributed by atoms with Crippen LogP contribution in [-0.4, -0.2) is 104 Å². The van der Waals surface area contributed by atoms with E-state index in [-0.39, 0.29) is 40.7 Å². The van der Waals surface area contributed by atoms with Crippen molar-refractivity contribution in [2.24, 2.45) is 10.8 Å². The summed E-state index contributed by atoms with van der Waals surface area (Å²) in [5, 5.41) is 10.5. The third kappa shape index (κ3) is 9.48. The molecule has 0 fully saturated rings. The monoisotopic (exact) mass is 902 g/mol. The fraction of sp³-hybridized carbons (Fsp3) is 0.111. The van der Waals surface area contributed by atoms with E-state index in [9.17, 15) is 53.3 Å². The normalized spacial score (nSPS) is 14.5. The van der Waals surface area contributed by atoms with Gasteiger partial charge < -0.3 is 27.4 Å². The number of carbonyl (C=O) groups is 3. The zero-order valence-corrected chi connectivity index (χ0v) is 32.8. The third-order valence-corrected chi connectivity index (χ3v) is 10.4. The maximum Gasteiger partial charge on any atom is 0.296 e. The number of nitrogens with zero attached hydrogens (tertiary/aromatic N) is 8. The topological polar surface area (TPSA) is 407 Å². The van der Waals surface area contributed by atoms with Gasteiger partial charge in [0, 0.05) is 17.8 Å². The summed E-state index contributed by atoms with van der Waals surface area (Å²) in [7, 11) is -15.6. The number of halogens is 2. The van der Waals surface area contributed by atoms with Gasteiger partial charge in [0.15, 0.2) is 5.71 Å². The van der Waals surface area contributed by atoms with Crippen molar-refractivity contribution in [2.75, 3.05) is 33.7 Å². The minimum absolute atomic E-state index is 0.00223. The number of nitrogen functional groups attached to an aromatic ring is 1. The number of nitrogens with two attached hydrogens (primary N) is 2. The lowest BCUT2D eigenvalue weighted by molar-refractivity contribution is -0.139. The summed E-state index contributed by atoms with van der Waals surface area (Å²) in [6, 6.07) is 4.19. The molecule has 0 spiro atoms. The molecule has 26 nitrogen and oxygen atoms in total. The van der Waals surface area contributed by atoms with Crippen molar-refractivity contribution in [1.82, 2.24) is 34.8 Å². The number of carbonyl (C=O) groups excluding carboxylic acids is 3. The summed E-state index contributed by atoms with van der Waals surface area (Å²) in [5.74, 6) is -4.93. The second kappa shape index (κ2) is 16.0. The number of hydrazone groups is 1. The number of benzene rings is 2. The third-order valence-electron chi connectivity index (χ3n) is 7.37. The van der Waals surface area contributed by atoms with Gasteiger partial charge in [-0.25, -0.2) is 0 Å². The summed E-state index contributed by atoms with van der Waals surface area (Å²) in [4.78, 5) is 58.2. The van der Waals surface area contributed by atoms with Crippen LogP contribution in [0.1, 0.15) is 13.8 Å². The number of aromatic nitrogens is 6. The van der Waals surface area contributed by atoms with Gasteiger partial charge in [-0.2, -0.15) is 60.3 Å².